The van der Waals surface area contributed by atoms with Gasteiger partial charge in [-0.25, -0.2) is 8.42 Å². The van der Waals surface area contributed by atoms with Gasteiger partial charge in [0.05, 0.1) is 4.75 Å². The molecule has 0 aromatic carbocycles. The van der Waals surface area contributed by atoms with Crippen molar-refractivity contribution in [3.05, 3.63) is 0 Å². The number of nitrogens with zero attached hydrogens (tertiary/aromatic N) is 1. The molecule has 1 heterocycles. The second kappa shape index (κ2) is 10.5. The maximum Gasteiger partial charge on any atom is 0.191 e. The molecule has 1 rings (SSSR count). The quantitative estimate of drug-likeness (QED) is 0.341. The van der Waals surface area contributed by atoms with E-state index in [0.717, 1.165) is 19.5 Å². The number of rotatable bonds is 10. The third-order valence-corrected chi connectivity index (χ3v) is 7.36. The molecular weight excluding hydrogens is 350 g/mol. The minimum Gasteiger partial charge on any atom is -0.381 e. The van der Waals surface area contributed by atoms with Crippen LogP contribution in [0.4, 0.5) is 0 Å². The summed E-state index contributed by atoms with van der Waals surface area (Å²) >= 11 is 0. The van der Waals surface area contributed by atoms with Crippen molar-refractivity contribution >= 4 is 15.8 Å². The smallest absolute Gasteiger partial charge is 0.191 e. The van der Waals surface area contributed by atoms with Crippen LogP contribution in [0.25, 0.3) is 0 Å². The van der Waals surface area contributed by atoms with Crippen LogP contribution in [0.3, 0.4) is 0 Å². The Morgan fingerprint density at radius 3 is 2.35 bits per heavy atom. The van der Waals surface area contributed by atoms with Crippen molar-refractivity contribution in [2.24, 2.45) is 10.4 Å². The van der Waals surface area contributed by atoms with E-state index in [9.17, 15) is 8.42 Å². The van der Waals surface area contributed by atoms with E-state index < -0.39 is 14.6 Å². The van der Waals surface area contributed by atoms with E-state index >= 15 is 0 Å². The topological polar surface area (TPSA) is 79.8 Å². The molecule has 0 aromatic rings. The van der Waals surface area contributed by atoms with Gasteiger partial charge in [0, 0.05) is 39.1 Å². The fourth-order valence-corrected chi connectivity index (χ4v) is 4.48. The zero-order valence-corrected chi connectivity index (χ0v) is 18.2. The molecule has 154 valence electrons. The molecule has 0 spiro atoms. The largest absolute Gasteiger partial charge is 0.381 e. The molecule has 0 bridgehead atoms. The zero-order valence-electron chi connectivity index (χ0n) is 17.4. The summed E-state index contributed by atoms with van der Waals surface area (Å²) < 4.78 is 29.4. The minimum atomic E-state index is -3.18. The summed E-state index contributed by atoms with van der Waals surface area (Å²) in [6.45, 7) is 11.5. The summed E-state index contributed by atoms with van der Waals surface area (Å²) in [7, 11) is -3.18. The van der Waals surface area contributed by atoms with Crippen molar-refractivity contribution in [1.29, 1.82) is 0 Å². The van der Waals surface area contributed by atoms with Gasteiger partial charge in [-0.15, -0.1) is 0 Å². The Hall–Kier alpha value is -0.820. The van der Waals surface area contributed by atoms with Gasteiger partial charge in [-0.3, -0.25) is 4.99 Å². The highest BCUT2D eigenvalue weighted by atomic mass is 32.2. The van der Waals surface area contributed by atoms with Crippen LogP contribution in [0.1, 0.15) is 66.2 Å². The number of ether oxygens (including phenoxy) is 1. The van der Waals surface area contributed by atoms with Crippen LogP contribution >= 0.6 is 0 Å². The fourth-order valence-electron chi connectivity index (χ4n) is 3.23. The number of nitrogens with one attached hydrogen (secondary N) is 2. The second-order valence-corrected chi connectivity index (χ2v) is 10.6. The maximum absolute atomic E-state index is 12.4. The molecule has 26 heavy (non-hydrogen) atoms. The highest BCUT2D eigenvalue weighted by Gasteiger charge is 2.42. The van der Waals surface area contributed by atoms with Crippen LogP contribution in [0, 0.1) is 5.41 Å². The van der Waals surface area contributed by atoms with Gasteiger partial charge in [-0.05, 0) is 31.6 Å². The first-order valence-electron chi connectivity index (χ1n) is 9.95. The molecule has 1 fully saturated rings. The van der Waals surface area contributed by atoms with E-state index in [1.165, 1.54) is 25.5 Å². The molecule has 0 saturated carbocycles. The number of sulfone groups is 1. The van der Waals surface area contributed by atoms with Crippen molar-refractivity contribution in [2.45, 2.75) is 71.0 Å². The van der Waals surface area contributed by atoms with E-state index in [4.69, 9.17) is 9.73 Å². The van der Waals surface area contributed by atoms with E-state index in [1.807, 2.05) is 6.92 Å². The molecule has 0 aromatic heterocycles. The van der Waals surface area contributed by atoms with Crippen LogP contribution in [-0.2, 0) is 14.6 Å². The van der Waals surface area contributed by atoms with E-state index in [1.54, 1.807) is 0 Å². The highest BCUT2D eigenvalue weighted by molar-refractivity contribution is 7.92. The van der Waals surface area contributed by atoms with Gasteiger partial charge >= 0.3 is 0 Å². The summed E-state index contributed by atoms with van der Waals surface area (Å²) in [5.74, 6) is 0.700. The molecule has 0 unspecified atom stereocenters. The lowest BCUT2D eigenvalue weighted by molar-refractivity contribution is 0.0756. The van der Waals surface area contributed by atoms with E-state index in [2.05, 4.69) is 31.4 Å². The lowest BCUT2D eigenvalue weighted by Gasteiger charge is -2.36. The lowest BCUT2D eigenvalue weighted by Crippen LogP contribution is -2.53. The van der Waals surface area contributed by atoms with Crippen LogP contribution in [0.2, 0.25) is 0 Å². The molecule has 6 nitrogen and oxygen atoms in total. The molecule has 0 radical (unpaired) electrons. The van der Waals surface area contributed by atoms with Crippen molar-refractivity contribution in [3.63, 3.8) is 0 Å². The van der Waals surface area contributed by atoms with Crippen LogP contribution < -0.4 is 10.6 Å². The first-order chi connectivity index (χ1) is 12.2. The Kier molecular flexibility index (Phi) is 9.38. The molecule has 1 aliphatic heterocycles. The molecular formula is C19H39N3O3S. The Bertz CT molecular complexity index is 538. The molecule has 0 aliphatic carbocycles. The number of guanidine groups is 1. The van der Waals surface area contributed by atoms with Crippen molar-refractivity contribution in [3.8, 4) is 0 Å². The molecule has 1 aliphatic rings. The third kappa shape index (κ3) is 7.43. The third-order valence-electron chi connectivity index (χ3n) is 5.24. The second-order valence-electron chi connectivity index (χ2n) is 8.24. The average Bonchev–Trinajstić information content (AvgIpc) is 2.57. The highest BCUT2D eigenvalue weighted by Crippen LogP contribution is 2.28. The number of hydrogen-bond acceptors (Lipinski definition) is 4. The molecule has 7 heteroatoms. The van der Waals surface area contributed by atoms with Crippen LogP contribution in [0.5, 0.6) is 0 Å². The first-order valence-corrected chi connectivity index (χ1v) is 11.8. The van der Waals surface area contributed by atoms with Gasteiger partial charge in [-0.2, -0.15) is 0 Å². The lowest BCUT2D eigenvalue weighted by atomic mass is 9.87. The predicted octanol–water partition coefficient (Wildman–Crippen LogP) is 2.74. The van der Waals surface area contributed by atoms with Gasteiger partial charge in [0.1, 0.15) is 0 Å². The summed E-state index contributed by atoms with van der Waals surface area (Å²) in [4.78, 5) is 4.73. The predicted molar refractivity (Wildman–Crippen MR) is 110 cm³/mol. The Morgan fingerprint density at radius 2 is 1.81 bits per heavy atom. The van der Waals surface area contributed by atoms with Crippen molar-refractivity contribution < 1.29 is 13.2 Å². The van der Waals surface area contributed by atoms with Gasteiger partial charge in [-0.1, -0.05) is 40.0 Å². The zero-order chi connectivity index (χ0) is 19.7. The maximum atomic E-state index is 12.4. The summed E-state index contributed by atoms with van der Waals surface area (Å²) in [5.41, 5.74) is 0.144. The molecule has 1 saturated heterocycles. The molecule has 2 N–H and O–H groups in total. The minimum absolute atomic E-state index is 0.144. The summed E-state index contributed by atoms with van der Waals surface area (Å²) in [5, 5.41) is 6.53. The van der Waals surface area contributed by atoms with Crippen LogP contribution in [0.15, 0.2) is 4.99 Å². The standard InChI is InChI=1S/C19H39N3O3S/c1-6-8-9-10-18(3,4)15-21-17(20-7-2)22-16-19(26(5,23)24)11-13-25-14-12-19/h6-16H2,1-5H3,(H2,20,21,22). The molecule has 0 atom stereocenters. The normalized spacial score (nSPS) is 18.6. The van der Waals surface area contributed by atoms with Gasteiger partial charge in [0.15, 0.2) is 15.8 Å². The number of hydrogen-bond donors (Lipinski definition) is 2. The van der Waals surface area contributed by atoms with Gasteiger partial charge in [0.25, 0.3) is 0 Å². The fraction of sp³-hybridized carbons (Fsp3) is 0.947. The van der Waals surface area contributed by atoms with Gasteiger partial charge in [0.2, 0.25) is 0 Å². The van der Waals surface area contributed by atoms with E-state index in [-0.39, 0.29) is 5.41 Å². The number of unbranched alkanes of at least 4 members (excludes halogenated alkanes) is 2. The Balaban J connectivity index is 2.74. The monoisotopic (exact) mass is 389 g/mol. The molecule has 0 amide bonds. The SMILES string of the molecule is CCCCCC(C)(C)CN=C(NCC)NCC1(S(C)(=O)=O)CCOCC1. The summed E-state index contributed by atoms with van der Waals surface area (Å²) in [6, 6.07) is 0. The van der Waals surface area contributed by atoms with Crippen molar-refractivity contribution in [2.75, 3.05) is 39.1 Å². The Morgan fingerprint density at radius 1 is 1.15 bits per heavy atom. The van der Waals surface area contributed by atoms with Gasteiger partial charge < -0.3 is 15.4 Å². The number of aliphatic imine (C=N–C) groups is 1. The summed E-state index contributed by atoms with van der Waals surface area (Å²) in [6.07, 6.45) is 7.24. The van der Waals surface area contributed by atoms with Crippen molar-refractivity contribution in [1.82, 2.24) is 10.6 Å². The van der Waals surface area contributed by atoms with E-state index in [0.29, 0.717) is 38.6 Å². The first kappa shape index (κ1) is 23.2. The average molecular weight is 390 g/mol. The van der Waals surface area contributed by atoms with Crippen LogP contribution in [-0.4, -0.2) is 58.2 Å². The Labute approximate surface area is 160 Å².